The highest BCUT2D eigenvalue weighted by Gasteiger charge is 2.26. The van der Waals surface area contributed by atoms with Gasteiger partial charge in [-0.2, -0.15) is 0 Å². The van der Waals surface area contributed by atoms with Gasteiger partial charge in [0.25, 0.3) is 0 Å². The number of rotatable bonds is 4. The van der Waals surface area contributed by atoms with Crippen molar-refractivity contribution in [3.8, 4) is 0 Å². The Kier molecular flexibility index (Phi) is 5.75. The summed E-state index contributed by atoms with van der Waals surface area (Å²) in [5.74, 6) is 0.259. The van der Waals surface area contributed by atoms with Crippen molar-refractivity contribution in [2.24, 2.45) is 0 Å². The number of likely N-dealkylation sites (N-methyl/N-ethyl adjacent to an activating group) is 2. The number of amides is 2. The number of nitrogens with zero attached hydrogens (tertiary/aromatic N) is 4. The van der Waals surface area contributed by atoms with Gasteiger partial charge in [-0.1, -0.05) is 0 Å². The van der Waals surface area contributed by atoms with Crippen LogP contribution in [0.2, 0.25) is 0 Å². The zero-order valence-electron chi connectivity index (χ0n) is 12.7. The van der Waals surface area contributed by atoms with E-state index in [2.05, 4.69) is 16.7 Å². The van der Waals surface area contributed by atoms with Gasteiger partial charge < -0.3 is 9.80 Å². The van der Waals surface area contributed by atoms with E-state index >= 15 is 0 Å². The Labute approximate surface area is 115 Å². The van der Waals surface area contributed by atoms with Crippen LogP contribution in [0.4, 0.5) is 0 Å². The molecule has 1 unspecified atom stereocenters. The van der Waals surface area contributed by atoms with Crippen molar-refractivity contribution in [1.29, 1.82) is 0 Å². The predicted octanol–water partition coefficient (Wildman–Crippen LogP) is -0.831. The first kappa shape index (κ1) is 15.9. The van der Waals surface area contributed by atoms with Crippen LogP contribution in [0.3, 0.4) is 0 Å². The fraction of sp³-hybridized carbons (Fsp3) is 0.846. The van der Waals surface area contributed by atoms with Gasteiger partial charge in [0.2, 0.25) is 11.8 Å². The SMILES string of the molecule is CC1CN(CC(=O)N(C)C)CCN1CC(=O)N(C)C. The molecule has 0 radical (unpaired) electrons. The van der Waals surface area contributed by atoms with Gasteiger partial charge in [-0.05, 0) is 6.92 Å². The van der Waals surface area contributed by atoms with Gasteiger partial charge in [0.15, 0.2) is 0 Å². The maximum absolute atomic E-state index is 11.7. The molecule has 1 fully saturated rings. The Morgan fingerprint density at radius 1 is 1.00 bits per heavy atom. The summed E-state index contributed by atoms with van der Waals surface area (Å²) < 4.78 is 0. The highest BCUT2D eigenvalue weighted by molar-refractivity contribution is 5.78. The van der Waals surface area contributed by atoms with Crippen molar-refractivity contribution < 1.29 is 9.59 Å². The molecule has 0 aromatic heterocycles. The van der Waals surface area contributed by atoms with E-state index in [1.54, 1.807) is 38.0 Å². The minimum atomic E-state index is 0.129. The van der Waals surface area contributed by atoms with E-state index in [0.29, 0.717) is 19.1 Å². The summed E-state index contributed by atoms with van der Waals surface area (Å²) in [5, 5.41) is 0. The van der Waals surface area contributed by atoms with Crippen LogP contribution < -0.4 is 0 Å². The average Bonchev–Trinajstić information content (AvgIpc) is 2.32. The monoisotopic (exact) mass is 270 g/mol. The van der Waals surface area contributed by atoms with Gasteiger partial charge in [-0.25, -0.2) is 0 Å². The molecule has 1 atom stereocenters. The Hall–Kier alpha value is -1.14. The lowest BCUT2D eigenvalue weighted by atomic mass is 10.2. The van der Waals surface area contributed by atoms with E-state index in [0.717, 1.165) is 19.6 Å². The predicted molar refractivity (Wildman–Crippen MR) is 74.9 cm³/mol. The van der Waals surface area contributed by atoms with E-state index in [9.17, 15) is 9.59 Å². The fourth-order valence-electron chi connectivity index (χ4n) is 2.10. The molecule has 0 aromatic carbocycles. The van der Waals surface area contributed by atoms with Crippen molar-refractivity contribution in [2.45, 2.75) is 13.0 Å². The molecule has 0 aromatic rings. The molecule has 0 saturated carbocycles. The summed E-state index contributed by atoms with van der Waals surface area (Å²) in [4.78, 5) is 31.0. The third-order valence-electron chi connectivity index (χ3n) is 3.54. The van der Waals surface area contributed by atoms with Crippen LogP contribution in [0.1, 0.15) is 6.92 Å². The van der Waals surface area contributed by atoms with Crippen LogP contribution in [0, 0.1) is 0 Å². The number of carbonyl (C=O) groups excluding carboxylic acids is 2. The summed E-state index contributed by atoms with van der Waals surface area (Å²) >= 11 is 0. The third kappa shape index (κ3) is 4.80. The first-order valence-electron chi connectivity index (χ1n) is 6.68. The molecule has 19 heavy (non-hydrogen) atoms. The molecule has 1 saturated heterocycles. The van der Waals surface area contributed by atoms with Crippen LogP contribution in [0.5, 0.6) is 0 Å². The standard InChI is InChI=1S/C13H26N4O2/c1-11-8-16(9-12(18)14(2)3)6-7-17(11)10-13(19)15(4)5/h11H,6-10H2,1-5H3. The van der Waals surface area contributed by atoms with Crippen LogP contribution in [-0.4, -0.2) is 98.4 Å². The van der Waals surface area contributed by atoms with Gasteiger partial charge >= 0.3 is 0 Å². The average molecular weight is 270 g/mol. The highest BCUT2D eigenvalue weighted by atomic mass is 16.2. The first-order chi connectivity index (χ1) is 8.81. The van der Waals surface area contributed by atoms with Crippen LogP contribution >= 0.6 is 0 Å². The largest absolute Gasteiger partial charge is 0.348 e. The highest BCUT2D eigenvalue weighted by Crippen LogP contribution is 2.09. The molecule has 0 aliphatic carbocycles. The minimum absolute atomic E-state index is 0.129. The molecule has 1 heterocycles. The van der Waals surface area contributed by atoms with Gasteiger partial charge in [0.1, 0.15) is 0 Å². The Balaban J connectivity index is 2.43. The lowest BCUT2D eigenvalue weighted by Crippen LogP contribution is -2.55. The van der Waals surface area contributed by atoms with Crippen molar-refractivity contribution in [3.63, 3.8) is 0 Å². The van der Waals surface area contributed by atoms with Crippen molar-refractivity contribution >= 4 is 11.8 Å². The quantitative estimate of drug-likeness (QED) is 0.669. The lowest BCUT2D eigenvalue weighted by molar-refractivity contribution is -0.133. The molecule has 1 aliphatic rings. The second-order valence-electron chi connectivity index (χ2n) is 5.63. The Morgan fingerprint density at radius 3 is 2.00 bits per heavy atom. The van der Waals surface area contributed by atoms with Crippen LogP contribution in [0.25, 0.3) is 0 Å². The van der Waals surface area contributed by atoms with E-state index in [-0.39, 0.29) is 11.8 Å². The molecule has 1 rings (SSSR count). The summed E-state index contributed by atoms with van der Waals surface area (Å²) in [6.07, 6.45) is 0. The molecule has 110 valence electrons. The van der Waals surface area contributed by atoms with E-state index in [1.807, 2.05) is 0 Å². The molecular formula is C13H26N4O2. The van der Waals surface area contributed by atoms with Crippen molar-refractivity contribution in [1.82, 2.24) is 19.6 Å². The summed E-state index contributed by atoms with van der Waals surface area (Å²) in [5.41, 5.74) is 0. The van der Waals surface area contributed by atoms with Gasteiger partial charge in [-0.3, -0.25) is 19.4 Å². The Bertz CT molecular complexity index is 331. The van der Waals surface area contributed by atoms with Gasteiger partial charge in [0.05, 0.1) is 13.1 Å². The third-order valence-corrected chi connectivity index (χ3v) is 3.54. The first-order valence-corrected chi connectivity index (χ1v) is 6.68. The van der Waals surface area contributed by atoms with Crippen molar-refractivity contribution in [2.75, 3.05) is 60.9 Å². The number of piperazine rings is 1. The van der Waals surface area contributed by atoms with E-state index < -0.39 is 0 Å². The molecule has 2 amide bonds. The zero-order valence-corrected chi connectivity index (χ0v) is 12.7. The molecule has 0 bridgehead atoms. The lowest BCUT2D eigenvalue weighted by Gasteiger charge is -2.39. The van der Waals surface area contributed by atoms with E-state index in [1.165, 1.54) is 0 Å². The maximum atomic E-state index is 11.7. The number of hydrogen-bond acceptors (Lipinski definition) is 4. The molecule has 6 heteroatoms. The number of hydrogen-bond donors (Lipinski definition) is 0. The summed E-state index contributed by atoms with van der Waals surface area (Å²) in [6.45, 7) is 5.54. The molecule has 0 spiro atoms. The number of carbonyl (C=O) groups is 2. The van der Waals surface area contributed by atoms with Gasteiger partial charge in [-0.15, -0.1) is 0 Å². The fourth-order valence-corrected chi connectivity index (χ4v) is 2.10. The topological polar surface area (TPSA) is 47.1 Å². The molecular weight excluding hydrogens is 244 g/mol. The molecule has 1 aliphatic heterocycles. The molecule has 0 N–H and O–H groups in total. The van der Waals surface area contributed by atoms with Crippen molar-refractivity contribution in [3.05, 3.63) is 0 Å². The minimum Gasteiger partial charge on any atom is -0.348 e. The Morgan fingerprint density at radius 2 is 1.53 bits per heavy atom. The van der Waals surface area contributed by atoms with Crippen LogP contribution in [0.15, 0.2) is 0 Å². The van der Waals surface area contributed by atoms with Gasteiger partial charge in [0, 0.05) is 53.9 Å². The second-order valence-corrected chi connectivity index (χ2v) is 5.63. The summed E-state index contributed by atoms with van der Waals surface area (Å²) in [6, 6.07) is 0.299. The zero-order chi connectivity index (χ0) is 14.6. The molecule has 6 nitrogen and oxygen atoms in total. The maximum Gasteiger partial charge on any atom is 0.236 e. The van der Waals surface area contributed by atoms with Crippen LogP contribution in [-0.2, 0) is 9.59 Å². The normalized spacial score (nSPS) is 21.2. The summed E-state index contributed by atoms with van der Waals surface area (Å²) in [7, 11) is 7.10. The smallest absolute Gasteiger partial charge is 0.236 e. The van der Waals surface area contributed by atoms with E-state index in [4.69, 9.17) is 0 Å². The second kappa shape index (κ2) is 6.86.